The fourth-order valence-electron chi connectivity index (χ4n) is 1.47. The monoisotopic (exact) mass is 316 g/mol. The van der Waals surface area contributed by atoms with Crippen molar-refractivity contribution >= 4 is 27.6 Å². The minimum absolute atomic E-state index is 0.0721. The summed E-state index contributed by atoms with van der Waals surface area (Å²) in [7, 11) is 4.98. The Kier molecular flexibility index (Phi) is 9.57. The van der Waals surface area contributed by atoms with Crippen LogP contribution >= 0.6 is 21.6 Å². The summed E-state index contributed by atoms with van der Waals surface area (Å²) < 4.78 is 10.4. The first-order chi connectivity index (χ1) is 9.72. The van der Waals surface area contributed by atoms with E-state index >= 15 is 0 Å². The Morgan fingerprint density at radius 2 is 1.90 bits per heavy atom. The fourth-order valence-corrected chi connectivity index (χ4v) is 3.18. The Hall–Kier alpha value is -0.690. The highest BCUT2D eigenvalue weighted by atomic mass is 33.1. The lowest BCUT2D eigenvalue weighted by Crippen LogP contribution is -1.99. The Balaban J connectivity index is 2.08. The molecule has 0 amide bonds. The summed E-state index contributed by atoms with van der Waals surface area (Å²) in [6.07, 6.45) is 2.12. The molecule has 0 aromatic heterocycles. The number of rotatable bonds is 11. The molecule has 4 nitrogen and oxygen atoms in total. The first-order valence-electron chi connectivity index (χ1n) is 6.39. The molecule has 0 saturated heterocycles. The molecule has 1 aromatic carbocycles. The largest absolute Gasteiger partial charge is 0.481 e. The van der Waals surface area contributed by atoms with E-state index in [9.17, 15) is 4.79 Å². The molecule has 0 aliphatic carbocycles. The van der Waals surface area contributed by atoms with Gasteiger partial charge in [0.2, 0.25) is 0 Å². The zero-order valence-corrected chi connectivity index (χ0v) is 13.2. The van der Waals surface area contributed by atoms with Crippen LogP contribution in [-0.4, -0.2) is 37.3 Å². The molecule has 0 fully saturated rings. The van der Waals surface area contributed by atoms with E-state index in [2.05, 4.69) is 0 Å². The van der Waals surface area contributed by atoms with E-state index < -0.39 is 5.97 Å². The lowest BCUT2D eigenvalue weighted by Gasteiger charge is -2.04. The highest BCUT2D eigenvalue weighted by Gasteiger charge is 2.01. The van der Waals surface area contributed by atoms with Gasteiger partial charge in [-0.2, -0.15) is 0 Å². The number of ether oxygens (including phenoxy) is 2. The maximum absolute atomic E-state index is 10.6. The van der Waals surface area contributed by atoms with Gasteiger partial charge in [-0.05, 0) is 30.5 Å². The van der Waals surface area contributed by atoms with Crippen LogP contribution in [0, 0.1) is 0 Å². The quantitative estimate of drug-likeness (QED) is 0.383. The molecule has 1 aromatic rings. The second-order valence-corrected chi connectivity index (χ2v) is 6.46. The van der Waals surface area contributed by atoms with Crippen LogP contribution in [0.2, 0.25) is 0 Å². The summed E-state index contributed by atoms with van der Waals surface area (Å²) in [5, 5.41) is 8.68. The number of aliphatic carboxylic acids is 1. The number of hydrogen-bond donors (Lipinski definition) is 1. The van der Waals surface area contributed by atoms with Gasteiger partial charge in [-0.3, -0.25) is 4.79 Å². The zero-order chi connectivity index (χ0) is 14.6. The minimum atomic E-state index is -0.804. The first-order valence-corrected chi connectivity index (χ1v) is 8.71. The molecule has 1 rings (SSSR count). The molecule has 0 heterocycles. The molecule has 0 bridgehead atoms. The molecular weight excluding hydrogens is 296 g/mol. The summed E-state index contributed by atoms with van der Waals surface area (Å²) in [5.41, 5.74) is 0.821. The second kappa shape index (κ2) is 11.0. The average Bonchev–Trinajstić information content (AvgIpc) is 2.43. The number of unbranched alkanes of at least 4 members (excludes halogenated alkanes) is 1. The number of hydrogen-bond acceptors (Lipinski definition) is 5. The van der Waals surface area contributed by atoms with E-state index in [0.29, 0.717) is 5.94 Å². The first kappa shape index (κ1) is 17.4. The predicted octanol–water partition coefficient (Wildman–Crippen LogP) is 3.45. The van der Waals surface area contributed by atoms with Gasteiger partial charge in [-0.25, -0.2) is 0 Å². The number of methoxy groups -OCH3 is 1. The van der Waals surface area contributed by atoms with Gasteiger partial charge in [0.05, 0.1) is 6.42 Å². The zero-order valence-electron chi connectivity index (χ0n) is 11.5. The van der Waals surface area contributed by atoms with Crippen molar-refractivity contribution < 1.29 is 19.4 Å². The molecule has 6 heteroatoms. The molecule has 0 spiro atoms. The summed E-state index contributed by atoms with van der Waals surface area (Å²) >= 11 is 0. The molecule has 0 aliphatic heterocycles. The third kappa shape index (κ3) is 8.47. The van der Waals surface area contributed by atoms with Crippen LogP contribution < -0.4 is 0 Å². The van der Waals surface area contributed by atoms with Crippen LogP contribution in [0.25, 0.3) is 0 Å². The minimum Gasteiger partial charge on any atom is -0.481 e. The lowest BCUT2D eigenvalue weighted by molar-refractivity contribution is -0.136. The molecule has 112 valence electrons. The normalized spacial score (nSPS) is 10.7. The summed E-state index contributed by atoms with van der Waals surface area (Å²) in [5.74, 6) is -0.157. The topological polar surface area (TPSA) is 55.8 Å². The van der Waals surface area contributed by atoms with Crippen molar-refractivity contribution in [1.29, 1.82) is 0 Å². The summed E-state index contributed by atoms with van der Waals surface area (Å²) in [4.78, 5) is 11.7. The van der Waals surface area contributed by atoms with E-state index in [1.807, 2.05) is 24.3 Å². The summed E-state index contributed by atoms with van der Waals surface area (Å²) in [6.45, 7) is 1.54. The molecule has 0 atom stereocenters. The van der Waals surface area contributed by atoms with E-state index in [1.165, 1.54) is 0 Å². The second-order valence-electron chi connectivity index (χ2n) is 4.14. The van der Waals surface area contributed by atoms with Gasteiger partial charge in [0, 0.05) is 25.2 Å². The Morgan fingerprint density at radius 1 is 1.20 bits per heavy atom. The van der Waals surface area contributed by atoms with Gasteiger partial charge in [0.15, 0.2) is 0 Å². The van der Waals surface area contributed by atoms with Gasteiger partial charge in [-0.1, -0.05) is 33.7 Å². The Morgan fingerprint density at radius 3 is 2.55 bits per heavy atom. The lowest BCUT2D eigenvalue weighted by atomic mass is 10.2. The van der Waals surface area contributed by atoms with Gasteiger partial charge >= 0.3 is 5.97 Å². The molecule has 0 saturated carbocycles. The van der Waals surface area contributed by atoms with Gasteiger partial charge in [0.1, 0.15) is 5.94 Å². The fraction of sp³-hybridized carbons (Fsp3) is 0.500. The van der Waals surface area contributed by atoms with Crippen molar-refractivity contribution in [3.8, 4) is 0 Å². The molecule has 0 radical (unpaired) electrons. The van der Waals surface area contributed by atoms with Crippen molar-refractivity contribution in [3.05, 3.63) is 29.8 Å². The summed E-state index contributed by atoms with van der Waals surface area (Å²) in [6, 6.07) is 7.58. The maximum atomic E-state index is 10.6. The van der Waals surface area contributed by atoms with Crippen molar-refractivity contribution in [3.63, 3.8) is 0 Å². The molecule has 1 N–H and O–H groups in total. The van der Waals surface area contributed by atoms with Crippen molar-refractivity contribution in [2.45, 2.75) is 24.2 Å². The van der Waals surface area contributed by atoms with Gasteiger partial charge in [-0.15, -0.1) is 0 Å². The van der Waals surface area contributed by atoms with E-state index in [1.54, 1.807) is 28.7 Å². The predicted molar refractivity (Wildman–Crippen MR) is 83.2 cm³/mol. The van der Waals surface area contributed by atoms with Gasteiger partial charge in [0.25, 0.3) is 0 Å². The van der Waals surface area contributed by atoms with E-state index in [4.69, 9.17) is 14.6 Å². The smallest absolute Gasteiger partial charge is 0.307 e. The molecule has 0 aliphatic rings. The van der Waals surface area contributed by atoms with Crippen LogP contribution in [0.15, 0.2) is 29.2 Å². The number of carboxylic acid groups (broad SMARTS) is 1. The van der Waals surface area contributed by atoms with Crippen molar-refractivity contribution in [2.75, 3.05) is 26.3 Å². The molecule has 20 heavy (non-hydrogen) atoms. The Bertz CT molecular complexity index is 381. The van der Waals surface area contributed by atoms with E-state index in [-0.39, 0.29) is 6.42 Å². The van der Waals surface area contributed by atoms with Gasteiger partial charge < -0.3 is 14.6 Å². The number of carbonyl (C=O) groups is 1. The van der Waals surface area contributed by atoms with Crippen LogP contribution in [-0.2, 0) is 20.7 Å². The standard InChI is InChI=1S/C14H20O4S2/c1-17-8-2-3-9-18-11-19-20-13-6-4-12(5-7-13)10-14(15)16/h4-7H,2-3,8-11H2,1H3,(H,15,16). The molecular formula is C14H20O4S2. The SMILES string of the molecule is COCCCCOCSSc1ccc(CC(=O)O)cc1. The maximum Gasteiger partial charge on any atom is 0.307 e. The Labute approximate surface area is 127 Å². The van der Waals surface area contributed by atoms with Crippen LogP contribution in [0.4, 0.5) is 0 Å². The number of carboxylic acids is 1. The van der Waals surface area contributed by atoms with Crippen molar-refractivity contribution in [1.82, 2.24) is 0 Å². The van der Waals surface area contributed by atoms with Crippen LogP contribution in [0.5, 0.6) is 0 Å². The highest BCUT2D eigenvalue weighted by Crippen LogP contribution is 2.31. The third-order valence-electron chi connectivity index (χ3n) is 2.45. The third-order valence-corrected chi connectivity index (χ3v) is 4.52. The molecule has 0 unspecified atom stereocenters. The highest BCUT2D eigenvalue weighted by molar-refractivity contribution is 8.76. The van der Waals surface area contributed by atoms with E-state index in [0.717, 1.165) is 36.5 Å². The average molecular weight is 316 g/mol. The van der Waals surface area contributed by atoms with Crippen molar-refractivity contribution in [2.24, 2.45) is 0 Å². The van der Waals surface area contributed by atoms with Crippen LogP contribution in [0.3, 0.4) is 0 Å². The number of benzene rings is 1. The van der Waals surface area contributed by atoms with Crippen LogP contribution in [0.1, 0.15) is 18.4 Å².